The number of halogens is 1. The molecule has 0 aliphatic rings. The smallest absolute Gasteiger partial charge is 0.0495 e. The maximum atomic E-state index is 6.13. The Labute approximate surface area is 142 Å². The number of hydrogen-bond acceptors (Lipinski definition) is 1. The van der Waals surface area contributed by atoms with Crippen LogP contribution in [0, 0.1) is 0 Å². The molecule has 0 bridgehead atoms. The van der Waals surface area contributed by atoms with Gasteiger partial charge in [0.2, 0.25) is 0 Å². The third kappa shape index (κ3) is 3.29. The van der Waals surface area contributed by atoms with Crippen molar-refractivity contribution in [2.24, 2.45) is 12.8 Å². The van der Waals surface area contributed by atoms with Crippen molar-refractivity contribution in [3.8, 4) is 0 Å². The molecule has 2 aromatic carbocycles. The number of hydrogen-bond donors (Lipinski definition) is 1. The zero-order chi connectivity index (χ0) is 16.4. The fourth-order valence-electron chi connectivity index (χ4n) is 3.23. The highest BCUT2D eigenvalue weighted by molar-refractivity contribution is 6.31. The Hall–Kier alpha value is -1.77. The first-order valence-electron chi connectivity index (χ1n) is 8.14. The predicted molar refractivity (Wildman–Crippen MR) is 99.2 cm³/mol. The van der Waals surface area contributed by atoms with E-state index in [1.807, 2.05) is 12.1 Å². The van der Waals surface area contributed by atoms with Gasteiger partial charge in [0, 0.05) is 35.1 Å². The molecule has 120 valence electrons. The molecule has 0 fully saturated rings. The number of nitrogens with two attached hydrogens (primary N) is 1. The van der Waals surface area contributed by atoms with Crippen molar-refractivity contribution in [1.29, 1.82) is 0 Å². The zero-order valence-corrected chi connectivity index (χ0v) is 14.5. The largest absolute Gasteiger partial charge is 0.350 e. The first-order chi connectivity index (χ1) is 11.1. The van der Waals surface area contributed by atoms with E-state index in [2.05, 4.69) is 55.1 Å². The van der Waals surface area contributed by atoms with E-state index in [1.165, 1.54) is 22.1 Å². The third-order valence-corrected chi connectivity index (χ3v) is 4.86. The van der Waals surface area contributed by atoms with Crippen LogP contribution >= 0.6 is 11.6 Å². The Kier molecular flexibility index (Phi) is 4.74. The molecule has 0 amide bonds. The van der Waals surface area contributed by atoms with E-state index < -0.39 is 0 Å². The lowest BCUT2D eigenvalue weighted by Gasteiger charge is -2.15. The van der Waals surface area contributed by atoms with Crippen molar-refractivity contribution in [3.63, 3.8) is 0 Å². The lowest BCUT2D eigenvalue weighted by molar-refractivity contribution is 0.696. The van der Waals surface area contributed by atoms with Crippen LogP contribution in [0.25, 0.3) is 10.9 Å². The minimum atomic E-state index is 0.312. The number of nitrogens with zero attached hydrogens (tertiary/aromatic N) is 1. The van der Waals surface area contributed by atoms with Crippen LogP contribution in [0.1, 0.15) is 29.5 Å². The minimum absolute atomic E-state index is 0.312. The summed E-state index contributed by atoms with van der Waals surface area (Å²) in [7, 11) is 2.06. The lowest BCUT2D eigenvalue weighted by atomic mass is 9.91. The monoisotopic (exact) mass is 326 g/mol. The van der Waals surface area contributed by atoms with E-state index in [-0.39, 0.29) is 0 Å². The number of aryl methyl sites for hydroxylation is 2. The maximum absolute atomic E-state index is 6.13. The van der Waals surface area contributed by atoms with Gasteiger partial charge < -0.3 is 10.3 Å². The van der Waals surface area contributed by atoms with E-state index in [0.717, 1.165) is 23.4 Å². The molecule has 1 atom stereocenters. The van der Waals surface area contributed by atoms with Crippen LogP contribution in [0.3, 0.4) is 0 Å². The van der Waals surface area contributed by atoms with Gasteiger partial charge in [-0.3, -0.25) is 0 Å². The van der Waals surface area contributed by atoms with Crippen molar-refractivity contribution in [3.05, 3.63) is 70.4 Å². The summed E-state index contributed by atoms with van der Waals surface area (Å²) in [4.78, 5) is 0. The maximum Gasteiger partial charge on any atom is 0.0495 e. The highest BCUT2D eigenvalue weighted by Gasteiger charge is 2.17. The molecule has 2 nitrogen and oxygen atoms in total. The molecule has 3 aromatic rings. The van der Waals surface area contributed by atoms with Gasteiger partial charge in [-0.1, -0.05) is 48.9 Å². The summed E-state index contributed by atoms with van der Waals surface area (Å²) < 4.78 is 2.14. The van der Waals surface area contributed by atoms with Crippen molar-refractivity contribution in [1.82, 2.24) is 4.57 Å². The van der Waals surface area contributed by atoms with Crippen molar-refractivity contribution in [2.45, 2.75) is 25.7 Å². The van der Waals surface area contributed by atoms with Crippen molar-refractivity contribution < 1.29 is 0 Å². The molecule has 3 rings (SSSR count). The minimum Gasteiger partial charge on any atom is -0.350 e. The van der Waals surface area contributed by atoms with E-state index >= 15 is 0 Å². The highest BCUT2D eigenvalue weighted by Crippen LogP contribution is 2.31. The molecule has 0 aliphatic carbocycles. The van der Waals surface area contributed by atoms with Crippen molar-refractivity contribution >= 4 is 22.5 Å². The van der Waals surface area contributed by atoms with Gasteiger partial charge >= 0.3 is 0 Å². The van der Waals surface area contributed by atoms with E-state index in [9.17, 15) is 0 Å². The van der Waals surface area contributed by atoms with Gasteiger partial charge in [0.15, 0.2) is 0 Å². The van der Waals surface area contributed by atoms with Crippen LogP contribution in [0.5, 0.6) is 0 Å². The summed E-state index contributed by atoms with van der Waals surface area (Å²) in [6.45, 7) is 2.82. The summed E-state index contributed by atoms with van der Waals surface area (Å²) >= 11 is 6.13. The van der Waals surface area contributed by atoms with E-state index in [1.54, 1.807) is 0 Å². The van der Waals surface area contributed by atoms with Gasteiger partial charge in [-0.25, -0.2) is 0 Å². The molecular formula is C20H23ClN2. The Bertz CT molecular complexity index is 802. The molecule has 23 heavy (non-hydrogen) atoms. The van der Waals surface area contributed by atoms with Crippen LogP contribution in [0.2, 0.25) is 5.02 Å². The number of fused-ring (bicyclic) bond motifs is 1. The lowest BCUT2D eigenvalue weighted by Crippen LogP contribution is -2.14. The fourth-order valence-corrected chi connectivity index (χ4v) is 3.40. The number of rotatable bonds is 5. The molecule has 0 saturated heterocycles. The second kappa shape index (κ2) is 6.77. The summed E-state index contributed by atoms with van der Waals surface area (Å²) in [5.41, 5.74) is 11.3. The van der Waals surface area contributed by atoms with Crippen LogP contribution in [0.4, 0.5) is 0 Å². The summed E-state index contributed by atoms with van der Waals surface area (Å²) in [6.07, 6.45) is 4.23. The molecule has 1 heterocycles. The average molecular weight is 327 g/mol. The SMILES string of the molecule is CCc1ccc(CC(CN)c2cn(C)c3cc(Cl)ccc23)cc1. The van der Waals surface area contributed by atoms with Gasteiger partial charge in [0.05, 0.1) is 0 Å². The van der Waals surface area contributed by atoms with Gasteiger partial charge in [-0.15, -0.1) is 0 Å². The second-order valence-corrected chi connectivity index (χ2v) is 6.60. The summed E-state index contributed by atoms with van der Waals surface area (Å²) in [5.74, 6) is 0.312. The Balaban J connectivity index is 1.94. The summed E-state index contributed by atoms with van der Waals surface area (Å²) in [5, 5.41) is 2.02. The molecular weight excluding hydrogens is 304 g/mol. The topological polar surface area (TPSA) is 30.9 Å². The van der Waals surface area contributed by atoms with Gasteiger partial charge in [0.25, 0.3) is 0 Å². The fraction of sp³-hybridized carbons (Fsp3) is 0.300. The van der Waals surface area contributed by atoms with Crippen LogP contribution in [-0.4, -0.2) is 11.1 Å². The molecule has 0 radical (unpaired) electrons. The average Bonchev–Trinajstić information content (AvgIpc) is 2.89. The third-order valence-electron chi connectivity index (χ3n) is 4.62. The number of aromatic nitrogens is 1. The summed E-state index contributed by atoms with van der Waals surface area (Å²) in [6, 6.07) is 15.0. The van der Waals surface area contributed by atoms with Crippen LogP contribution < -0.4 is 5.73 Å². The molecule has 0 spiro atoms. The molecule has 2 N–H and O–H groups in total. The first-order valence-corrected chi connectivity index (χ1v) is 8.52. The Morgan fingerprint density at radius 1 is 1.09 bits per heavy atom. The first kappa shape index (κ1) is 16.1. The standard InChI is InChI=1S/C20H23ClN2/c1-3-14-4-6-15(7-5-14)10-16(12-22)19-13-23(2)20-11-17(21)8-9-18(19)20/h4-9,11,13,16H,3,10,12,22H2,1-2H3. The highest BCUT2D eigenvalue weighted by atomic mass is 35.5. The molecule has 3 heteroatoms. The Morgan fingerprint density at radius 3 is 2.43 bits per heavy atom. The van der Waals surface area contributed by atoms with Gasteiger partial charge in [-0.05, 0) is 48.2 Å². The quantitative estimate of drug-likeness (QED) is 0.725. The Morgan fingerprint density at radius 2 is 1.78 bits per heavy atom. The molecule has 0 aliphatic heterocycles. The van der Waals surface area contributed by atoms with E-state index in [4.69, 9.17) is 17.3 Å². The predicted octanol–water partition coefficient (Wildman–Crippen LogP) is 4.68. The second-order valence-electron chi connectivity index (χ2n) is 6.16. The molecule has 1 aromatic heterocycles. The molecule has 1 unspecified atom stereocenters. The van der Waals surface area contributed by atoms with Crippen LogP contribution in [-0.2, 0) is 19.9 Å². The van der Waals surface area contributed by atoms with Crippen LogP contribution in [0.15, 0.2) is 48.7 Å². The normalized spacial score (nSPS) is 12.7. The van der Waals surface area contributed by atoms with Crippen molar-refractivity contribution in [2.75, 3.05) is 6.54 Å². The van der Waals surface area contributed by atoms with Gasteiger partial charge in [-0.2, -0.15) is 0 Å². The molecule has 0 saturated carbocycles. The zero-order valence-electron chi connectivity index (χ0n) is 13.7. The van der Waals surface area contributed by atoms with Gasteiger partial charge in [0.1, 0.15) is 0 Å². The van der Waals surface area contributed by atoms with E-state index in [0.29, 0.717) is 12.5 Å². The number of benzene rings is 2.